The fraction of sp³-hybridized carbons (Fsp3) is 0.227. The monoisotopic (exact) mass is 434 g/mol. The lowest BCUT2D eigenvalue weighted by molar-refractivity contribution is 0.203. The first-order valence-corrected chi connectivity index (χ1v) is 11.6. The van der Waals surface area contributed by atoms with Crippen molar-refractivity contribution < 1.29 is 0 Å². The van der Waals surface area contributed by atoms with Crippen molar-refractivity contribution in [2.75, 3.05) is 17.6 Å². The molecule has 0 unspecified atom stereocenters. The van der Waals surface area contributed by atoms with Crippen molar-refractivity contribution in [2.45, 2.75) is 25.9 Å². The fourth-order valence-electron chi connectivity index (χ4n) is 3.90. The van der Waals surface area contributed by atoms with Crippen molar-refractivity contribution in [1.29, 1.82) is 0 Å². The molecule has 0 aliphatic carbocycles. The highest BCUT2D eigenvalue weighted by Crippen LogP contribution is 2.40. The summed E-state index contributed by atoms with van der Waals surface area (Å²) in [6.45, 7) is 3.63. The number of nitrogens with two attached hydrogens (primary N) is 1. The number of nitrogen functional groups attached to an aromatic ring is 1. The molecule has 0 spiro atoms. The van der Waals surface area contributed by atoms with Gasteiger partial charge in [-0.25, -0.2) is 0 Å². The minimum Gasteiger partial charge on any atom is -0.368 e. The summed E-state index contributed by atoms with van der Waals surface area (Å²) in [5, 5.41) is 7.62. The number of nitrogens with one attached hydrogen (secondary N) is 1. The maximum Gasteiger partial charge on any atom is 0.232 e. The van der Waals surface area contributed by atoms with Gasteiger partial charge in [0.15, 0.2) is 0 Å². The number of nitrogens with zero attached hydrogens (tertiary/aromatic N) is 4. The third-order valence-corrected chi connectivity index (χ3v) is 7.23. The molecule has 1 aliphatic rings. The zero-order valence-corrected chi connectivity index (χ0v) is 18.2. The van der Waals surface area contributed by atoms with Gasteiger partial charge in [0.05, 0.1) is 12.6 Å². The minimum absolute atomic E-state index is 0.228. The van der Waals surface area contributed by atoms with E-state index in [0.717, 1.165) is 24.2 Å². The van der Waals surface area contributed by atoms with Gasteiger partial charge >= 0.3 is 0 Å². The molecular weight excluding hydrogens is 412 g/mol. The lowest BCUT2D eigenvalue weighted by Crippen LogP contribution is -2.35. The summed E-state index contributed by atoms with van der Waals surface area (Å²) in [4.78, 5) is 18.6. The van der Waals surface area contributed by atoms with Gasteiger partial charge in [-0.3, -0.25) is 4.90 Å². The number of benzene rings is 1. The van der Waals surface area contributed by atoms with E-state index < -0.39 is 0 Å². The second kappa shape index (κ2) is 8.14. The molecule has 8 heteroatoms. The van der Waals surface area contributed by atoms with Gasteiger partial charge in [-0.2, -0.15) is 15.0 Å². The molecule has 1 aliphatic heterocycles. The van der Waals surface area contributed by atoms with E-state index in [2.05, 4.69) is 54.1 Å². The summed E-state index contributed by atoms with van der Waals surface area (Å²) in [6, 6.07) is 14.9. The van der Waals surface area contributed by atoms with E-state index in [9.17, 15) is 0 Å². The molecule has 1 aromatic carbocycles. The molecule has 3 aromatic heterocycles. The van der Waals surface area contributed by atoms with Gasteiger partial charge < -0.3 is 11.1 Å². The summed E-state index contributed by atoms with van der Waals surface area (Å²) in [5.41, 5.74) is 9.51. The molecule has 5 rings (SSSR count). The van der Waals surface area contributed by atoms with Crippen molar-refractivity contribution in [3.63, 3.8) is 0 Å². The highest BCUT2D eigenvalue weighted by atomic mass is 32.1. The van der Waals surface area contributed by atoms with Crippen LogP contribution in [0.3, 0.4) is 0 Å². The Balaban J connectivity index is 1.44. The van der Waals surface area contributed by atoms with Crippen molar-refractivity contribution >= 4 is 40.3 Å². The molecule has 30 heavy (non-hydrogen) atoms. The van der Waals surface area contributed by atoms with Crippen LogP contribution in [0.15, 0.2) is 53.2 Å². The zero-order valence-electron chi connectivity index (χ0n) is 16.6. The Kier molecular flexibility index (Phi) is 5.20. The number of aryl methyl sites for hydroxylation is 1. The second-order valence-corrected chi connectivity index (χ2v) is 9.29. The number of aromatic nitrogens is 3. The first-order valence-electron chi connectivity index (χ1n) is 9.84. The Morgan fingerprint density at radius 3 is 2.80 bits per heavy atom. The Hall–Kier alpha value is -2.81. The molecule has 1 atom stereocenters. The summed E-state index contributed by atoms with van der Waals surface area (Å²) in [7, 11) is 0. The molecule has 0 saturated carbocycles. The summed E-state index contributed by atoms with van der Waals surface area (Å²) < 4.78 is 0. The van der Waals surface area contributed by atoms with Gasteiger partial charge in [0.2, 0.25) is 11.9 Å². The number of fused-ring (bicyclic) bond motifs is 1. The quantitative estimate of drug-likeness (QED) is 0.471. The van der Waals surface area contributed by atoms with Crippen LogP contribution in [0.25, 0.3) is 0 Å². The van der Waals surface area contributed by atoms with Crippen LogP contribution in [-0.4, -0.2) is 26.4 Å². The molecule has 152 valence electrons. The van der Waals surface area contributed by atoms with Crippen LogP contribution in [-0.2, 0) is 13.0 Å². The van der Waals surface area contributed by atoms with Crippen LogP contribution in [0.2, 0.25) is 0 Å². The van der Waals surface area contributed by atoms with Crippen LogP contribution in [0.5, 0.6) is 0 Å². The molecule has 0 amide bonds. The molecular formula is C22H22N6S2. The summed E-state index contributed by atoms with van der Waals surface area (Å²) in [5.74, 6) is 1.39. The topological polar surface area (TPSA) is 80.0 Å². The van der Waals surface area contributed by atoms with Crippen molar-refractivity contribution in [3.05, 3.63) is 79.9 Å². The van der Waals surface area contributed by atoms with Crippen molar-refractivity contribution in [3.8, 4) is 0 Å². The van der Waals surface area contributed by atoms with Crippen LogP contribution in [0.1, 0.15) is 32.7 Å². The molecule has 0 radical (unpaired) electrons. The average Bonchev–Trinajstić information content (AvgIpc) is 3.41. The predicted octanol–water partition coefficient (Wildman–Crippen LogP) is 4.78. The molecule has 0 saturated heterocycles. The Morgan fingerprint density at radius 2 is 1.97 bits per heavy atom. The highest BCUT2D eigenvalue weighted by molar-refractivity contribution is 7.10. The fourth-order valence-corrected chi connectivity index (χ4v) is 5.68. The van der Waals surface area contributed by atoms with E-state index >= 15 is 0 Å². The Labute approximate surface area is 183 Å². The molecule has 4 heterocycles. The van der Waals surface area contributed by atoms with E-state index in [1.807, 2.05) is 42.5 Å². The normalized spacial score (nSPS) is 16.4. The number of anilines is 3. The van der Waals surface area contributed by atoms with Crippen molar-refractivity contribution in [2.24, 2.45) is 0 Å². The van der Waals surface area contributed by atoms with E-state index in [-0.39, 0.29) is 12.0 Å². The SMILES string of the molecule is Cc1ccccc1Nc1nc(N)nc(CN2CCc3sccc3[C@H]2c2cccs2)n1. The van der Waals surface area contributed by atoms with Gasteiger partial charge in [0, 0.05) is 22.0 Å². The smallest absolute Gasteiger partial charge is 0.232 e. The summed E-state index contributed by atoms with van der Waals surface area (Å²) in [6.07, 6.45) is 1.05. The van der Waals surface area contributed by atoms with Gasteiger partial charge in [0.1, 0.15) is 5.82 Å². The van der Waals surface area contributed by atoms with Crippen molar-refractivity contribution in [1.82, 2.24) is 19.9 Å². The highest BCUT2D eigenvalue weighted by Gasteiger charge is 2.31. The Bertz CT molecular complexity index is 1150. The second-order valence-electron chi connectivity index (χ2n) is 7.31. The number of rotatable bonds is 5. The van der Waals surface area contributed by atoms with E-state index in [1.54, 1.807) is 11.3 Å². The number of hydrogen-bond donors (Lipinski definition) is 2. The van der Waals surface area contributed by atoms with Gasteiger partial charge in [-0.15, -0.1) is 22.7 Å². The predicted molar refractivity (Wildman–Crippen MR) is 123 cm³/mol. The lowest BCUT2D eigenvalue weighted by Gasteiger charge is -2.34. The first-order chi connectivity index (χ1) is 14.7. The Morgan fingerprint density at radius 1 is 1.07 bits per heavy atom. The molecule has 6 nitrogen and oxygen atoms in total. The van der Waals surface area contributed by atoms with Gasteiger partial charge in [0.25, 0.3) is 0 Å². The van der Waals surface area contributed by atoms with Crippen LogP contribution < -0.4 is 11.1 Å². The zero-order chi connectivity index (χ0) is 20.5. The van der Waals surface area contributed by atoms with E-state index in [4.69, 9.17) is 5.73 Å². The maximum atomic E-state index is 6.03. The number of thiophene rings is 2. The largest absolute Gasteiger partial charge is 0.368 e. The van der Waals surface area contributed by atoms with Gasteiger partial charge in [-0.05, 0) is 53.4 Å². The first kappa shape index (κ1) is 19.2. The molecule has 3 N–H and O–H groups in total. The van der Waals surface area contributed by atoms with Gasteiger partial charge in [-0.1, -0.05) is 24.3 Å². The molecule has 0 fully saturated rings. The van der Waals surface area contributed by atoms with E-state index in [1.165, 1.54) is 15.3 Å². The molecule has 4 aromatic rings. The number of para-hydroxylation sites is 1. The average molecular weight is 435 g/mol. The number of hydrogen-bond acceptors (Lipinski definition) is 8. The standard InChI is InChI=1S/C22H22N6S2/c1-14-5-2-3-6-16(14)24-22-26-19(25-21(23)27-22)13-28-10-8-17-15(9-12-30-17)20(28)18-7-4-11-29-18/h2-7,9,11-12,20H,8,10,13H2,1H3,(H3,23,24,25,26,27)/t20-/m0/s1. The molecule has 0 bridgehead atoms. The van der Waals surface area contributed by atoms with Crippen LogP contribution in [0, 0.1) is 6.92 Å². The summed E-state index contributed by atoms with van der Waals surface area (Å²) >= 11 is 3.64. The van der Waals surface area contributed by atoms with E-state index in [0.29, 0.717) is 18.3 Å². The maximum absolute atomic E-state index is 6.03. The third kappa shape index (κ3) is 3.81. The lowest BCUT2D eigenvalue weighted by atomic mass is 9.98. The van der Waals surface area contributed by atoms with Crippen LogP contribution >= 0.6 is 22.7 Å². The minimum atomic E-state index is 0.228. The third-order valence-electron chi connectivity index (χ3n) is 5.31. The van der Waals surface area contributed by atoms with Crippen LogP contribution in [0.4, 0.5) is 17.6 Å².